The van der Waals surface area contributed by atoms with Gasteiger partial charge in [0.1, 0.15) is 5.82 Å². The van der Waals surface area contributed by atoms with Crippen LogP contribution in [0.25, 0.3) is 0 Å². The summed E-state index contributed by atoms with van der Waals surface area (Å²) >= 11 is 1.45. The normalized spacial score (nSPS) is 22.1. The van der Waals surface area contributed by atoms with E-state index < -0.39 is 17.8 Å². The number of amides is 2. The number of anilines is 1. The molecule has 10 nitrogen and oxygen atoms in total. The molecule has 0 saturated carbocycles. The van der Waals surface area contributed by atoms with Gasteiger partial charge in [-0.15, -0.1) is 11.3 Å². The molecule has 2 atom stereocenters. The van der Waals surface area contributed by atoms with Gasteiger partial charge in [-0.05, 0) is 32.0 Å². The van der Waals surface area contributed by atoms with E-state index in [1.807, 2.05) is 12.3 Å². The number of urea groups is 1. The lowest BCUT2D eigenvalue weighted by atomic mass is 10.0. The first kappa shape index (κ1) is 25.0. The van der Waals surface area contributed by atoms with Gasteiger partial charge in [0.05, 0.1) is 30.5 Å². The van der Waals surface area contributed by atoms with Crippen molar-refractivity contribution in [1.82, 2.24) is 20.1 Å². The van der Waals surface area contributed by atoms with Crippen LogP contribution in [0.2, 0.25) is 0 Å². The van der Waals surface area contributed by atoms with Gasteiger partial charge in [0.15, 0.2) is 16.6 Å². The molecule has 5 rings (SSSR count). The predicted molar refractivity (Wildman–Crippen MR) is 136 cm³/mol. The zero-order valence-corrected chi connectivity index (χ0v) is 21.5. The molecule has 4 heterocycles. The summed E-state index contributed by atoms with van der Waals surface area (Å²) in [5.74, 6) is -0.668. The number of amidine groups is 1. The van der Waals surface area contributed by atoms with E-state index in [4.69, 9.17) is 4.74 Å². The molecule has 1 aromatic carbocycles. The summed E-state index contributed by atoms with van der Waals surface area (Å²) in [5, 5.41) is 5.88. The first-order chi connectivity index (χ1) is 17.8. The summed E-state index contributed by atoms with van der Waals surface area (Å²) in [6, 6.07) is 3.39. The van der Waals surface area contributed by atoms with Crippen molar-refractivity contribution in [3.05, 3.63) is 57.4 Å². The zero-order valence-electron chi connectivity index (χ0n) is 20.7. The Balaban J connectivity index is 1.33. The van der Waals surface area contributed by atoms with Gasteiger partial charge >= 0.3 is 12.0 Å². The average molecular weight is 527 g/mol. The van der Waals surface area contributed by atoms with E-state index >= 15 is 0 Å². The molecule has 2 fully saturated rings. The van der Waals surface area contributed by atoms with Crippen molar-refractivity contribution in [3.8, 4) is 0 Å². The van der Waals surface area contributed by atoms with Crippen LogP contribution in [-0.2, 0) is 9.53 Å². The number of rotatable bonds is 6. The molecule has 194 valence electrons. The van der Waals surface area contributed by atoms with Crippen molar-refractivity contribution in [1.29, 1.82) is 0 Å². The summed E-state index contributed by atoms with van der Waals surface area (Å²) in [6.07, 6.45) is 1.70. The monoisotopic (exact) mass is 526 g/mol. The maximum Gasteiger partial charge on any atom is 0.337 e. The molecule has 2 aromatic rings. The smallest absolute Gasteiger partial charge is 0.337 e. The number of nitrogens with one attached hydrogen (secondary N) is 1. The predicted octanol–water partition coefficient (Wildman–Crippen LogP) is 2.28. The Morgan fingerprint density at radius 3 is 2.76 bits per heavy atom. The third-order valence-corrected chi connectivity index (χ3v) is 7.62. The lowest BCUT2D eigenvalue weighted by molar-refractivity contribution is -0.136. The fraction of sp³-hybridized carbons (Fsp3) is 0.400. The highest BCUT2D eigenvalue weighted by Gasteiger charge is 2.42. The molecule has 1 aromatic heterocycles. The second kappa shape index (κ2) is 10.0. The number of esters is 1. The van der Waals surface area contributed by atoms with Crippen molar-refractivity contribution in [2.45, 2.75) is 25.9 Å². The average Bonchev–Trinajstić information content (AvgIpc) is 3.52. The Morgan fingerprint density at radius 1 is 1.27 bits per heavy atom. The number of halogens is 1. The van der Waals surface area contributed by atoms with Crippen molar-refractivity contribution in [3.63, 3.8) is 0 Å². The van der Waals surface area contributed by atoms with Gasteiger partial charge in [0.25, 0.3) is 0 Å². The zero-order chi connectivity index (χ0) is 26.3. The molecule has 3 aliphatic heterocycles. The summed E-state index contributed by atoms with van der Waals surface area (Å²) in [7, 11) is 1.35. The van der Waals surface area contributed by atoms with Crippen molar-refractivity contribution in [2.75, 3.05) is 44.7 Å². The number of carbonyl (C=O) groups excluding carboxylic acids is 3. The van der Waals surface area contributed by atoms with Gasteiger partial charge in [-0.25, -0.2) is 19.0 Å². The van der Waals surface area contributed by atoms with Gasteiger partial charge in [-0.2, -0.15) is 0 Å². The van der Waals surface area contributed by atoms with Crippen LogP contribution in [0.1, 0.15) is 29.2 Å². The first-order valence-electron chi connectivity index (χ1n) is 11.9. The summed E-state index contributed by atoms with van der Waals surface area (Å²) in [5.41, 5.74) is 1.59. The van der Waals surface area contributed by atoms with E-state index in [-0.39, 0.29) is 29.1 Å². The van der Waals surface area contributed by atoms with E-state index in [0.717, 1.165) is 5.01 Å². The molecule has 3 aliphatic rings. The second-order valence-electron chi connectivity index (χ2n) is 9.20. The lowest BCUT2D eigenvalue weighted by Crippen LogP contribution is -2.53. The SMILES string of the molecule is COC(=O)C1=C(CN2CCN3C(=O)N(c4ccc(C(C)=O)cc4F)C[C@@H]3C2)NC(c2nccs2)=N[C@H]1C. The number of hydrogen-bond acceptors (Lipinski definition) is 9. The van der Waals surface area contributed by atoms with Crippen LogP contribution < -0.4 is 10.2 Å². The van der Waals surface area contributed by atoms with Crippen LogP contribution in [0, 0.1) is 5.82 Å². The number of hydrogen-bond donors (Lipinski definition) is 1. The van der Waals surface area contributed by atoms with Crippen LogP contribution in [-0.4, -0.2) is 90.3 Å². The van der Waals surface area contributed by atoms with Crippen LogP contribution in [0.3, 0.4) is 0 Å². The van der Waals surface area contributed by atoms with Gasteiger partial charge in [0, 0.05) is 55.6 Å². The van der Waals surface area contributed by atoms with Gasteiger partial charge in [-0.3, -0.25) is 19.6 Å². The molecule has 1 N–H and O–H groups in total. The minimum atomic E-state index is -0.597. The molecule has 2 saturated heterocycles. The summed E-state index contributed by atoms with van der Waals surface area (Å²) < 4.78 is 19.8. The van der Waals surface area contributed by atoms with Crippen LogP contribution in [0.15, 0.2) is 46.0 Å². The molecular weight excluding hydrogens is 499 g/mol. The van der Waals surface area contributed by atoms with Crippen molar-refractivity contribution >= 4 is 40.6 Å². The number of ketones is 1. The summed E-state index contributed by atoms with van der Waals surface area (Å²) in [4.78, 5) is 51.6. The minimum absolute atomic E-state index is 0.150. The third-order valence-electron chi connectivity index (χ3n) is 6.84. The molecule has 0 bridgehead atoms. The van der Waals surface area contributed by atoms with E-state index in [9.17, 15) is 18.8 Å². The third kappa shape index (κ3) is 4.74. The first-order valence-corrected chi connectivity index (χ1v) is 12.8. The highest BCUT2D eigenvalue weighted by atomic mass is 32.1. The number of aliphatic imine (C=N–C) groups is 1. The number of methoxy groups -OCH3 is 1. The van der Waals surface area contributed by atoms with E-state index in [1.54, 1.807) is 11.1 Å². The highest BCUT2D eigenvalue weighted by molar-refractivity contribution is 7.11. The van der Waals surface area contributed by atoms with Gasteiger partial charge in [0.2, 0.25) is 0 Å². The van der Waals surface area contributed by atoms with E-state index in [1.165, 1.54) is 48.5 Å². The Morgan fingerprint density at radius 2 is 2.08 bits per heavy atom. The molecule has 2 amide bonds. The summed E-state index contributed by atoms with van der Waals surface area (Å²) in [6.45, 7) is 5.57. The van der Waals surface area contributed by atoms with Crippen LogP contribution >= 0.6 is 11.3 Å². The van der Waals surface area contributed by atoms with Gasteiger partial charge in [-0.1, -0.05) is 0 Å². The number of carbonyl (C=O) groups is 3. The van der Waals surface area contributed by atoms with Crippen LogP contribution in [0.4, 0.5) is 14.9 Å². The molecule has 0 radical (unpaired) electrons. The topological polar surface area (TPSA) is 107 Å². The molecule has 0 aliphatic carbocycles. The van der Waals surface area contributed by atoms with Crippen LogP contribution in [0.5, 0.6) is 0 Å². The number of piperazine rings is 1. The number of nitrogens with zero attached hydrogens (tertiary/aromatic N) is 5. The molecule has 37 heavy (non-hydrogen) atoms. The minimum Gasteiger partial charge on any atom is -0.466 e. The number of fused-ring (bicyclic) bond motifs is 1. The van der Waals surface area contributed by atoms with Crippen molar-refractivity contribution in [2.24, 2.45) is 4.99 Å². The maximum absolute atomic E-state index is 14.8. The standard InChI is InChI=1S/C25H27FN6O4S/c1-14-21(24(34)36-3)19(29-22(28-14)23-27-6-9-37-23)13-30-7-8-31-17(11-30)12-32(25(31)35)20-5-4-16(15(2)33)10-18(20)26/h4-6,9-10,14,17H,7-8,11-13H2,1-3H3,(H,28,29)/t14-,17-/m0/s1. The van der Waals surface area contributed by atoms with E-state index in [0.29, 0.717) is 49.8 Å². The molecule has 0 spiro atoms. The molecule has 12 heteroatoms. The Labute approximate surface area is 217 Å². The number of ether oxygens (including phenoxy) is 1. The molecular formula is C25H27FN6O4S. The van der Waals surface area contributed by atoms with Gasteiger partial charge < -0.3 is 15.0 Å². The number of Topliss-reactive ketones (excluding diaryl/α,β-unsaturated/α-hetero) is 1. The quantitative estimate of drug-likeness (QED) is 0.455. The second-order valence-corrected chi connectivity index (χ2v) is 10.1. The fourth-order valence-corrected chi connectivity index (χ4v) is 5.60. The molecule has 0 unspecified atom stereocenters. The lowest BCUT2D eigenvalue weighted by Gasteiger charge is -2.37. The fourth-order valence-electron chi connectivity index (χ4n) is 5.02. The van der Waals surface area contributed by atoms with E-state index in [2.05, 4.69) is 20.2 Å². The number of aromatic nitrogens is 1. The highest BCUT2D eigenvalue weighted by Crippen LogP contribution is 2.30. The number of thiazole rings is 1. The number of benzene rings is 1. The maximum atomic E-state index is 14.8. The largest absolute Gasteiger partial charge is 0.466 e. The Kier molecular flexibility index (Phi) is 6.78. The van der Waals surface area contributed by atoms with Crippen molar-refractivity contribution < 1.29 is 23.5 Å². The Hall–Kier alpha value is -3.64. The Bertz CT molecular complexity index is 1310.